The number of benzene rings is 2. The number of para-hydroxylation sites is 1. The third-order valence-electron chi connectivity index (χ3n) is 3.69. The third-order valence-corrected chi connectivity index (χ3v) is 3.69. The van der Waals surface area contributed by atoms with Gasteiger partial charge in [0.25, 0.3) is 0 Å². The number of nitrogens with zero attached hydrogens (tertiary/aromatic N) is 1. The van der Waals surface area contributed by atoms with Gasteiger partial charge in [-0.25, -0.2) is 0 Å². The van der Waals surface area contributed by atoms with Crippen molar-refractivity contribution in [2.24, 2.45) is 0 Å². The zero-order valence-electron chi connectivity index (χ0n) is 13.9. The quantitative estimate of drug-likeness (QED) is 0.721. The number of pyridine rings is 1. The van der Waals surface area contributed by atoms with Crippen molar-refractivity contribution in [3.05, 3.63) is 60.3 Å². The minimum Gasteiger partial charge on any atom is -0.495 e. The Labute approximate surface area is 144 Å². The highest BCUT2D eigenvalue weighted by molar-refractivity contribution is 6.44. The lowest BCUT2D eigenvalue weighted by molar-refractivity contribution is -0.132. The van der Waals surface area contributed by atoms with Gasteiger partial charge in [-0.05, 0) is 36.8 Å². The molecule has 1 aromatic heterocycles. The number of amides is 2. The van der Waals surface area contributed by atoms with Crippen LogP contribution in [0.2, 0.25) is 0 Å². The van der Waals surface area contributed by atoms with E-state index in [4.69, 9.17) is 4.74 Å². The zero-order chi connectivity index (χ0) is 17.8. The van der Waals surface area contributed by atoms with Crippen LogP contribution in [0.5, 0.6) is 5.75 Å². The molecule has 0 unspecified atom stereocenters. The molecule has 1 heterocycles. The molecule has 0 bridgehead atoms. The summed E-state index contributed by atoms with van der Waals surface area (Å²) in [5.74, 6) is -1.07. The average Bonchev–Trinajstić information content (AvgIpc) is 2.62. The van der Waals surface area contributed by atoms with E-state index in [1.807, 2.05) is 31.2 Å². The minimum atomic E-state index is -0.781. The molecule has 0 saturated heterocycles. The Balaban J connectivity index is 1.79. The molecular formula is C19H17N3O3. The number of ether oxygens (including phenoxy) is 1. The molecule has 0 aliphatic carbocycles. The highest BCUT2D eigenvalue weighted by Gasteiger charge is 2.17. The number of hydrogen-bond donors (Lipinski definition) is 2. The van der Waals surface area contributed by atoms with Crippen LogP contribution >= 0.6 is 0 Å². The Hall–Kier alpha value is -3.41. The van der Waals surface area contributed by atoms with E-state index in [1.54, 1.807) is 30.5 Å². The number of aromatic nitrogens is 1. The van der Waals surface area contributed by atoms with Crippen LogP contribution in [0.1, 0.15) is 5.56 Å². The Kier molecular flexibility index (Phi) is 4.61. The fourth-order valence-corrected chi connectivity index (χ4v) is 2.48. The topological polar surface area (TPSA) is 80.3 Å². The first-order valence-corrected chi connectivity index (χ1v) is 7.69. The highest BCUT2D eigenvalue weighted by Crippen LogP contribution is 2.25. The van der Waals surface area contributed by atoms with Gasteiger partial charge in [-0.2, -0.15) is 0 Å². The predicted octanol–water partition coefficient (Wildman–Crippen LogP) is 3.13. The molecule has 0 spiro atoms. The second kappa shape index (κ2) is 7.00. The van der Waals surface area contributed by atoms with E-state index in [0.717, 1.165) is 10.9 Å². The van der Waals surface area contributed by atoms with Gasteiger partial charge in [-0.3, -0.25) is 14.6 Å². The number of nitrogens with one attached hydrogen (secondary N) is 2. The fraction of sp³-hybridized carbons (Fsp3) is 0.105. The van der Waals surface area contributed by atoms with Gasteiger partial charge in [0.05, 0.1) is 24.0 Å². The van der Waals surface area contributed by atoms with Gasteiger partial charge < -0.3 is 15.4 Å². The summed E-state index contributed by atoms with van der Waals surface area (Å²) >= 11 is 0. The first kappa shape index (κ1) is 16.4. The SMILES string of the molecule is COc1ccc(C)cc1NC(=O)C(=O)Nc1cccc2cccnc12. The summed E-state index contributed by atoms with van der Waals surface area (Å²) in [6.07, 6.45) is 1.63. The molecule has 2 N–H and O–H groups in total. The summed E-state index contributed by atoms with van der Waals surface area (Å²) in [6, 6.07) is 14.4. The summed E-state index contributed by atoms with van der Waals surface area (Å²) in [7, 11) is 1.50. The van der Waals surface area contributed by atoms with E-state index >= 15 is 0 Å². The smallest absolute Gasteiger partial charge is 0.314 e. The van der Waals surface area contributed by atoms with Crippen molar-refractivity contribution in [3.8, 4) is 5.75 Å². The van der Waals surface area contributed by atoms with Crippen molar-refractivity contribution in [2.45, 2.75) is 6.92 Å². The molecule has 6 heteroatoms. The molecule has 0 saturated carbocycles. The van der Waals surface area contributed by atoms with Gasteiger partial charge in [-0.1, -0.05) is 24.3 Å². The monoisotopic (exact) mass is 335 g/mol. The molecule has 6 nitrogen and oxygen atoms in total. The average molecular weight is 335 g/mol. The normalized spacial score (nSPS) is 10.3. The van der Waals surface area contributed by atoms with Crippen molar-refractivity contribution in [1.29, 1.82) is 0 Å². The van der Waals surface area contributed by atoms with Crippen LogP contribution in [-0.4, -0.2) is 23.9 Å². The van der Waals surface area contributed by atoms with Gasteiger partial charge in [0, 0.05) is 11.6 Å². The fourth-order valence-electron chi connectivity index (χ4n) is 2.48. The summed E-state index contributed by atoms with van der Waals surface area (Å²) in [6.45, 7) is 1.89. The maximum absolute atomic E-state index is 12.3. The van der Waals surface area contributed by atoms with E-state index in [-0.39, 0.29) is 0 Å². The lowest BCUT2D eigenvalue weighted by Crippen LogP contribution is -2.29. The van der Waals surface area contributed by atoms with Crippen LogP contribution in [0.4, 0.5) is 11.4 Å². The third kappa shape index (κ3) is 3.58. The van der Waals surface area contributed by atoms with Gasteiger partial charge in [0.2, 0.25) is 0 Å². The van der Waals surface area contributed by atoms with E-state index in [2.05, 4.69) is 15.6 Å². The van der Waals surface area contributed by atoms with Crippen LogP contribution < -0.4 is 15.4 Å². The predicted molar refractivity (Wildman–Crippen MR) is 96.7 cm³/mol. The number of carbonyl (C=O) groups excluding carboxylic acids is 2. The standard InChI is InChI=1S/C19H17N3O3/c1-12-8-9-16(25-2)15(11-12)22-19(24)18(23)21-14-7-3-5-13-6-4-10-20-17(13)14/h3-11H,1-2H3,(H,21,23)(H,22,24). The molecular weight excluding hydrogens is 318 g/mol. The molecule has 0 atom stereocenters. The molecule has 3 rings (SSSR count). The van der Waals surface area contributed by atoms with Crippen molar-refractivity contribution < 1.29 is 14.3 Å². The van der Waals surface area contributed by atoms with Crippen molar-refractivity contribution in [1.82, 2.24) is 4.98 Å². The molecule has 3 aromatic rings. The summed E-state index contributed by atoms with van der Waals surface area (Å²) in [5, 5.41) is 6.05. The van der Waals surface area contributed by atoms with E-state index < -0.39 is 11.8 Å². The van der Waals surface area contributed by atoms with E-state index in [1.165, 1.54) is 7.11 Å². The van der Waals surface area contributed by atoms with Crippen molar-refractivity contribution in [3.63, 3.8) is 0 Å². The second-order valence-electron chi connectivity index (χ2n) is 5.49. The number of anilines is 2. The van der Waals surface area contributed by atoms with Crippen LogP contribution in [0.3, 0.4) is 0 Å². The molecule has 0 radical (unpaired) electrons. The first-order valence-electron chi connectivity index (χ1n) is 7.69. The lowest BCUT2D eigenvalue weighted by atomic mass is 10.2. The van der Waals surface area contributed by atoms with Crippen LogP contribution in [0, 0.1) is 6.92 Å². The van der Waals surface area contributed by atoms with Crippen LogP contribution in [0.15, 0.2) is 54.7 Å². The summed E-state index contributed by atoms with van der Waals surface area (Å²) in [5.41, 5.74) is 2.49. The Morgan fingerprint density at radius 2 is 1.68 bits per heavy atom. The van der Waals surface area contributed by atoms with Gasteiger partial charge in [-0.15, -0.1) is 0 Å². The number of methoxy groups -OCH3 is 1. The highest BCUT2D eigenvalue weighted by atomic mass is 16.5. The molecule has 0 aliphatic heterocycles. The second-order valence-corrected chi connectivity index (χ2v) is 5.49. The Morgan fingerprint density at radius 1 is 0.960 bits per heavy atom. The van der Waals surface area contributed by atoms with Gasteiger partial charge in [0.15, 0.2) is 0 Å². The molecule has 2 amide bonds. The van der Waals surface area contributed by atoms with Gasteiger partial charge >= 0.3 is 11.8 Å². The first-order chi connectivity index (χ1) is 12.1. The maximum Gasteiger partial charge on any atom is 0.314 e. The molecule has 25 heavy (non-hydrogen) atoms. The molecule has 0 aliphatic rings. The Morgan fingerprint density at radius 3 is 2.44 bits per heavy atom. The van der Waals surface area contributed by atoms with Crippen LogP contribution in [-0.2, 0) is 9.59 Å². The van der Waals surface area contributed by atoms with E-state index in [9.17, 15) is 9.59 Å². The Bertz CT molecular complexity index is 948. The lowest BCUT2D eigenvalue weighted by Gasteiger charge is -2.11. The number of hydrogen-bond acceptors (Lipinski definition) is 4. The zero-order valence-corrected chi connectivity index (χ0v) is 13.9. The number of rotatable bonds is 3. The molecule has 0 fully saturated rings. The number of fused-ring (bicyclic) bond motifs is 1. The summed E-state index contributed by atoms with van der Waals surface area (Å²) in [4.78, 5) is 28.7. The summed E-state index contributed by atoms with van der Waals surface area (Å²) < 4.78 is 5.20. The van der Waals surface area contributed by atoms with Crippen molar-refractivity contribution in [2.75, 3.05) is 17.7 Å². The van der Waals surface area contributed by atoms with Gasteiger partial charge in [0.1, 0.15) is 5.75 Å². The van der Waals surface area contributed by atoms with Crippen molar-refractivity contribution >= 4 is 34.1 Å². The largest absolute Gasteiger partial charge is 0.495 e. The molecule has 126 valence electrons. The minimum absolute atomic E-state index is 0.443. The number of carbonyl (C=O) groups is 2. The van der Waals surface area contributed by atoms with E-state index in [0.29, 0.717) is 22.6 Å². The molecule has 2 aromatic carbocycles. The maximum atomic E-state index is 12.3. The number of aryl methyl sites for hydroxylation is 1. The van der Waals surface area contributed by atoms with Crippen LogP contribution in [0.25, 0.3) is 10.9 Å².